The van der Waals surface area contributed by atoms with Crippen molar-refractivity contribution in [2.24, 2.45) is 0 Å². The van der Waals surface area contributed by atoms with Gasteiger partial charge in [-0.15, -0.1) is 0 Å². The molecule has 6 heteroatoms. The van der Waals surface area contributed by atoms with Gasteiger partial charge in [-0.25, -0.2) is 9.37 Å². The van der Waals surface area contributed by atoms with Crippen LogP contribution in [0.25, 0.3) is 0 Å². The summed E-state index contributed by atoms with van der Waals surface area (Å²) in [5.74, 6) is -0.917. The van der Waals surface area contributed by atoms with Crippen LogP contribution in [-0.2, 0) is 0 Å². The second-order valence-corrected chi connectivity index (χ2v) is 4.91. The van der Waals surface area contributed by atoms with Gasteiger partial charge in [0.1, 0.15) is 10.4 Å². The number of para-hydroxylation sites is 1. The third-order valence-corrected chi connectivity index (χ3v) is 3.46. The van der Waals surface area contributed by atoms with Gasteiger partial charge >= 0.3 is 0 Å². The van der Waals surface area contributed by atoms with Crippen LogP contribution >= 0.6 is 15.9 Å². The first-order chi connectivity index (χ1) is 10.1. The molecule has 1 aromatic carbocycles. The molecule has 2 aromatic rings. The van der Waals surface area contributed by atoms with Crippen LogP contribution in [0.1, 0.15) is 16.8 Å². The predicted molar refractivity (Wildman–Crippen MR) is 80.2 cm³/mol. The highest BCUT2D eigenvalue weighted by atomic mass is 79.9. The molecule has 0 aliphatic carbocycles. The third-order valence-electron chi connectivity index (χ3n) is 2.83. The zero-order chi connectivity index (χ0) is 15.2. The van der Waals surface area contributed by atoms with E-state index in [0.29, 0.717) is 10.2 Å². The van der Waals surface area contributed by atoms with Crippen molar-refractivity contribution >= 4 is 27.5 Å². The van der Waals surface area contributed by atoms with Crippen molar-refractivity contribution in [3.05, 3.63) is 58.6 Å². The number of nitriles is 1. The molecular formula is C15H11BrFN3O. The molecule has 0 aliphatic rings. The number of carbonyl (C=O) groups excluding carboxylic acids is 1. The molecule has 0 aliphatic heterocycles. The van der Waals surface area contributed by atoms with Crippen molar-refractivity contribution in [2.45, 2.75) is 6.42 Å². The van der Waals surface area contributed by atoms with E-state index in [2.05, 4.69) is 20.9 Å². The van der Waals surface area contributed by atoms with Gasteiger partial charge in [0.05, 0.1) is 23.7 Å². The minimum atomic E-state index is -0.510. The Morgan fingerprint density at radius 3 is 2.76 bits per heavy atom. The smallest absolute Gasteiger partial charge is 0.261 e. The third kappa shape index (κ3) is 3.44. The Labute approximate surface area is 130 Å². The lowest BCUT2D eigenvalue weighted by Crippen LogP contribution is -2.33. The summed E-state index contributed by atoms with van der Waals surface area (Å²) in [6.07, 6.45) is 1.65. The molecule has 0 bridgehead atoms. The second-order valence-electron chi connectivity index (χ2n) is 4.16. The van der Waals surface area contributed by atoms with Crippen LogP contribution in [0.5, 0.6) is 0 Å². The van der Waals surface area contributed by atoms with Crippen LogP contribution in [0.2, 0.25) is 0 Å². The standard InChI is InChI=1S/C15H11BrFN3O/c16-14-11(5-3-9-19-14)15(21)20(10-4-8-18)13-7-2-1-6-12(13)17/h1-3,5-7,9H,4,10H2. The minimum absolute atomic E-state index is 0.109. The van der Waals surface area contributed by atoms with Crippen LogP contribution in [0.3, 0.4) is 0 Å². The highest BCUT2D eigenvalue weighted by molar-refractivity contribution is 9.10. The molecule has 0 saturated carbocycles. The fraction of sp³-hybridized carbons (Fsp3) is 0.133. The first kappa shape index (κ1) is 15.1. The van der Waals surface area contributed by atoms with E-state index < -0.39 is 11.7 Å². The summed E-state index contributed by atoms with van der Waals surface area (Å²) >= 11 is 3.21. The number of rotatable bonds is 4. The number of hydrogen-bond donors (Lipinski definition) is 0. The fourth-order valence-corrected chi connectivity index (χ4v) is 2.27. The van der Waals surface area contributed by atoms with E-state index in [1.807, 2.05) is 6.07 Å². The van der Waals surface area contributed by atoms with Gasteiger partial charge in [0.15, 0.2) is 0 Å². The summed E-state index contributed by atoms with van der Waals surface area (Å²) in [4.78, 5) is 17.8. The quantitative estimate of drug-likeness (QED) is 0.794. The largest absolute Gasteiger partial charge is 0.304 e. The number of amides is 1. The Hall–Kier alpha value is -2.26. The SMILES string of the molecule is N#CCCN(C(=O)c1cccnc1Br)c1ccccc1F. The van der Waals surface area contributed by atoms with Gasteiger partial charge in [0.25, 0.3) is 5.91 Å². The van der Waals surface area contributed by atoms with E-state index in [0.717, 1.165) is 0 Å². The van der Waals surface area contributed by atoms with Crippen molar-refractivity contribution in [3.8, 4) is 6.07 Å². The first-order valence-electron chi connectivity index (χ1n) is 6.19. The van der Waals surface area contributed by atoms with Crippen LogP contribution in [0.4, 0.5) is 10.1 Å². The van der Waals surface area contributed by atoms with Crippen molar-refractivity contribution < 1.29 is 9.18 Å². The Morgan fingerprint density at radius 1 is 1.33 bits per heavy atom. The van der Waals surface area contributed by atoms with Crippen LogP contribution in [0.15, 0.2) is 47.2 Å². The van der Waals surface area contributed by atoms with E-state index in [1.165, 1.54) is 17.0 Å². The van der Waals surface area contributed by atoms with Gasteiger partial charge in [0.2, 0.25) is 0 Å². The number of nitrogens with zero attached hydrogens (tertiary/aromatic N) is 3. The molecule has 0 N–H and O–H groups in total. The Balaban J connectivity index is 2.42. The molecular weight excluding hydrogens is 337 g/mol. The monoisotopic (exact) mass is 347 g/mol. The van der Waals surface area contributed by atoms with Crippen LogP contribution < -0.4 is 4.90 Å². The van der Waals surface area contributed by atoms with E-state index in [-0.39, 0.29) is 18.7 Å². The normalized spacial score (nSPS) is 9.95. The van der Waals surface area contributed by atoms with Crippen LogP contribution in [-0.4, -0.2) is 17.4 Å². The lowest BCUT2D eigenvalue weighted by atomic mass is 10.2. The minimum Gasteiger partial charge on any atom is -0.304 e. The van der Waals surface area contributed by atoms with Gasteiger partial charge < -0.3 is 4.90 Å². The molecule has 106 valence electrons. The lowest BCUT2D eigenvalue weighted by Gasteiger charge is -2.22. The number of carbonyl (C=O) groups is 1. The summed E-state index contributed by atoms with van der Waals surface area (Å²) in [7, 11) is 0. The summed E-state index contributed by atoms with van der Waals surface area (Å²) in [5, 5.41) is 8.73. The number of hydrogen-bond acceptors (Lipinski definition) is 3. The number of anilines is 1. The average molecular weight is 348 g/mol. The van der Waals surface area contributed by atoms with E-state index in [1.54, 1.807) is 30.5 Å². The highest BCUT2D eigenvalue weighted by Crippen LogP contribution is 2.23. The van der Waals surface area contributed by atoms with Crippen molar-refractivity contribution in [1.82, 2.24) is 4.98 Å². The predicted octanol–water partition coefficient (Wildman–Crippen LogP) is 3.54. The second kappa shape index (κ2) is 6.95. The van der Waals surface area contributed by atoms with Crippen molar-refractivity contribution in [3.63, 3.8) is 0 Å². The van der Waals surface area contributed by atoms with Crippen LogP contribution in [0, 0.1) is 17.1 Å². The molecule has 0 unspecified atom stereocenters. The van der Waals surface area contributed by atoms with Gasteiger partial charge in [0, 0.05) is 12.7 Å². The number of benzene rings is 1. The molecule has 0 saturated heterocycles. The molecule has 0 spiro atoms. The number of pyridine rings is 1. The maximum absolute atomic E-state index is 13.9. The maximum Gasteiger partial charge on any atom is 0.261 e. The summed E-state index contributed by atoms with van der Waals surface area (Å²) in [6.45, 7) is 0.109. The highest BCUT2D eigenvalue weighted by Gasteiger charge is 2.22. The van der Waals surface area contributed by atoms with Crippen molar-refractivity contribution in [1.29, 1.82) is 5.26 Å². The summed E-state index contributed by atoms with van der Waals surface area (Å²) in [5.41, 5.74) is 0.465. The molecule has 1 heterocycles. The topological polar surface area (TPSA) is 57.0 Å². The van der Waals surface area contributed by atoms with E-state index in [4.69, 9.17) is 5.26 Å². The van der Waals surface area contributed by atoms with Gasteiger partial charge in [-0.1, -0.05) is 12.1 Å². The number of halogens is 2. The van der Waals surface area contributed by atoms with Gasteiger partial charge in [-0.05, 0) is 40.2 Å². The Kier molecular flexibility index (Phi) is 5.01. The molecule has 1 amide bonds. The first-order valence-corrected chi connectivity index (χ1v) is 6.98. The number of aromatic nitrogens is 1. The molecule has 2 rings (SSSR count). The van der Waals surface area contributed by atoms with Gasteiger partial charge in [-0.3, -0.25) is 4.79 Å². The fourth-order valence-electron chi connectivity index (χ4n) is 1.85. The molecule has 21 heavy (non-hydrogen) atoms. The average Bonchev–Trinajstić information content (AvgIpc) is 2.49. The Bertz CT molecular complexity index is 699. The zero-order valence-corrected chi connectivity index (χ0v) is 12.5. The van der Waals surface area contributed by atoms with E-state index in [9.17, 15) is 9.18 Å². The molecule has 1 aromatic heterocycles. The summed E-state index contributed by atoms with van der Waals surface area (Å²) < 4.78 is 14.3. The lowest BCUT2D eigenvalue weighted by molar-refractivity contribution is 0.0985. The molecule has 0 fully saturated rings. The van der Waals surface area contributed by atoms with Gasteiger partial charge in [-0.2, -0.15) is 5.26 Å². The zero-order valence-electron chi connectivity index (χ0n) is 11.0. The Morgan fingerprint density at radius 2 is 2.10 bits per heavy atom. The molecule has 0 radical (unpaired) electrons. The van der Waals surface area contributed by atoms with Crippen molar-refractivity contribution in [2.75, 3.05) is 11.4 Å². The maximum atomic E-state index is 13.9. The van der Waals surface area contributed by atoms with E-state index >= 15 is 0 Å². The molecule has 4 nitrogen and oxygen atoms in total. The molecule has 0 atom stereocenters. The summed E-state index contributed by atoms with van der Waals surface area (Å²) in [6, 6.07) is 11.2.